The van der Waals surface area contributed by atoms with Crippen LogP contribution in [0.4, 0.5) is 0 Å². The van der Waals surface area contributed by atoms with E-state index in [0.29, 0.717) is 24.1 Å². The largest absolute Gasteiger partial charge is 0.381 e. The Morgan fingerprint density at radius 1 is 1.41 bits per heavy atom. The van der Waals surface area contributed by atoms with E-state index in [0.717, 1.165) is 32.2 Å². The predicted molar refractivity (Wildman–Crippen MR) is 66.8 cm³/mol. The summed E-state index contributed by atoms with van der Waals surface area (Å²) in [5.74, 6) is 0.296. The summed E-state index contributed by atoms with van der Waals surface area (Å²) < 4.78 is 5.28. The van der Waals surface area contributed by atoms with Crippen LogP contribution in [-0.4, -0.2) is 48.7 Å². The molecule has 1 heterocycles. The molecule has 0 aromatic rings. The van der Waals surface area contributed by atoms with Gasteiger partial charge in [0.25, 0.3) is 0 Å². The van der Waals surface area contributed by atoms with Crippen LogP contribution in [0.3, 0.4) is 0 Å². The zero-order valence-electron chi connectivity index (χ0n) is 11.1. The zero-order valence-corrected chi connectivity index (χ0v) is 11.1. The van der Waals surface area contributed by atoms with Gasteiger partial charge in [-0.2, -0.15) is 0 Å². The summed E-state index contributed by atoms with van der Waals surface area (Å²) >= 11 is 0. The molecule has 1 atom stereocenters. The first kappa shape index (κ1) is 12.8. The van der Waals surface area contributed by atoms with Gasteiger partial charge in [-0.1, -0.05) is 13.8 Å². The number of carbonyl (C=O) groups is 1. The smallest absolute Gasteiger partial charge is 0.239 e. The maximum Gasteiger partial charge on any atom is 0.239 e. The minimum Gasteiger partial charge on any atom is -0.381 e. The van der Waals surface area contributed by atoms with E-state index in [1.807, 2.05) is 0 Å². The standard InChI is InChI=1S/C13H24N2O2/c1-9(2)14-12-5-4-6-15(13(12)16)10-7-11(8-10)17-3/h9-12,14H,4-8H2,1-3H3. The number of amides is 1. The first-order valence-corrected chi connectivity index (χ1v) is 6.71. The van der Waals surface area contributed by atoms with E-state index in [9.17, 15) is 4.79 Å². The lowest BCUT2D eigenvalue weighted by atomic mass is 9.86. The Morgan fingerprint density at radius 3 is 2.71 bits per heavy atom. The summed E-state index contributed by atoms with van der Waals surface area (Å²) in [6.07, 6.45) is 4.48. The van der Waals surface area contributed by atoms with Crippen LogP contribution in [-0.2, 0) is 9.53 Å². The lowest BCUT2D eigenvalue weighted by Crippen LogP contribution is -2.59. The Balaban J connectivity index is 1.88. The predicted octanol–water partition coefficient (Wildman–Crippen LogP) is 1.15. The minimum atomic E-state index is 0.0327. The van der Waals surface area contributed by atoms with Gasteiger partial charge in [-0.3, -0.25) is 4.79 Å². The minimum absolute atomic E-state index is 0.0327. The van der Waals surface area contributed by atoms with E-state index in [1.54, 1.807) is 7.11 Å². The number of piperidine rings is 1. The highest BCUT2D eigenvalue weighted by molar-refractivity contribution is 5.83. The molecule has 4 nitrogen and oxygen atoms in total. The second kappa shape index (κ2) is 5.36. The van der Waals surface area contributed by atoms with Crippen LogP contribution < -0.4 is 5.32 Å². The van der Waals surface area contributed by atoms with Crippen LogP contribution >= 0.6 is 0 Å². The SMILES string of the molecule is COC1CC(N2CCCC(NC(C)C)C2=O)C1. The molecule has 4 heteroatoms. The van der Waals surface area contributed by atoms with Crippen LogP contribution in [0.2, 0.25) is 0 Å². The van der Waals surface area contributed by atoms with Crippen LogP contribution in [0.5, 0.6) is 0 Å². The van der Waals surface area contributed by atoms with Gasteiger partial charge >= 0.3 is 0 Å². The fraction of sp³-hybridized carbons (Fsp3) is 0.923. The summed E-state index contributed by atoms with van der Waals surface area (Å²) in [4.78, 5) is 14.4. The van der Waals surface area contributed by atoms with E-state index in [-0.39, 0.29) is 6.04 Å². The molecule has 1 saturated heterocycles. The number of carbonyl (C=O) groups excluding carboxylic acids is 1. The molecular weight excluding hydrogens is 216 g/mol. The van der Waals surface area contributed by atoms with Crippen molar-refractivity contribution in [2.75, 3.05) is 13.7 Å². The average Bonchev–Trinajstić information content (AvgIpc) is 2.21. The summed E-state index contributed by atoms with van der Waals surface area (Å²) in [6.45, 7) is 5.11. The van der Waals surface area contributed by atoms with E-state index < -0.39 is 0 Å². The van der Waals surface area contributed by atoms with Crippen molar-refractivity contribution in [3.8, 4) is 0 Å². The molecule has 2 rings (SSSR count). The topological polar surface area (TPSA) is 41.6 Å². The summed E-state index contributed by atoms with van der Waals surface area (Å²) in [5.41, 5.74) is 0. The van der Waals surface area contributed by atoms with Crippen molar-refractivity contribution in [3.63, 3.8) is 0 Å². The van der Waals surface area contributed by atoms with Gasteiger partial charge in [0.1, 0.15) is 0 Å². The number of rotatable bonds is 4. The van der Waals surface area contributed by atoms with Gasteiger partial charge in [-0.05, 0) is 25.7 Å². The van der Waals surface area contributed by atoms with Gasteiger partial charge in [-0.15, -0.1) is 0 Å². The zero-order chi connectivity index (χ0) is 12.4. The van der Waals surface area contributed by atoms with Crippen LogP contribution in [0.1, 0.15) is 39.5 Å². The van der Waals surface area contributed by atoms with Crippen molar-refractivity contribution in [2.24, 2.45) is 0 Å². The van der Waals surface area contributed by atoms with E-state index in [2.05, 4.69) is 24.1 Å². The molecule has 0 aromatic heterocycles. The van der Waals surface area contributed by atoms with Gasteiger partial charge in [-0.25, -0.2) is 0 Å². The van der Waals surface area contributed by atoms with Crippen molar-refractivity contribution >= 4 is 5.91 Å². The van der Waals surface area contributed by atoms with Crippen molar-refractivity contribution in [1.29, 1.82) is 0 Å². The molecule has 0 bridgehead atoms. The molecule has 2 aliphatic rings. The highest BCUT2D eigenvalue weighted by atomic mass is 16.5. The number of hydrogen-bond donors (Lipinski definition) is 1. The Kier molecular flexibility index (Phi) is 4.05. The molecular formula is C13H24N2O2. The second-order valence-corrected chi connectivity index (χ2v) is 5.53. The third kappa shape index (κ3) is 2.80. The van der Waals surface area contributed by atoms with Gasteiger partial charge in [0.05, 0.1) is 12.1 Å². The molecule has 0 aromatic carbocycles. The quantitative estimate of drug-likeness (QED) is 0.801. The first-order valence-electron chi connectivity index (χ1n) is 6.71. The number of methoxy groups -OCH3 is 1. The van der Waals surface area contributed by atoms with E-state index >= 15 is 0 Å². The van der Waals surface area contributed by atoms with E-state index in [4.69, 9.17) is 4.74 Å². The van der Waals surface area contributed by atoms with Crippen molar-refractivity contribution in [2.45, 2.75) is 63.8 Å². The van der Waals surface area contributed by atoms with Crippen LogP contribution in [0.25, 0.3) is 0 Å². The third-order valence-electron chi connectivity index (χ3n) is 3.85. The molecule has 17 heavy (non-hydrogen) atoms. The molecule has 1 N–H and O–H groups in total. The Hall–Kier alpha value is -0.610. The van der Waals surface area contributed by atoms with E-state index in [1.165, 1.54) is 0 Å². The molecule has 1 saturated carbocycles. The highest BCUT2D eigenvalue weighted by Crippen LogP contribution is 2.30. The summed E-state index contributed by atoms with van der Waals surface area (Å²) in [7, 11) is 1.75. The Bertz CT molecular complexity index is 275. The fourth-order valence-electron chi connectivity index (χ4n) is 2.80. The lowest BCUT2D eigenvalue weighted by molar-refractivity contribution is -0.144. The van der Waals surface area contributed by atoms with Crippen LogP contribution in [0, 0.1) is 0 Å². The molecule has 1 aliphatic heterocycles. The monoisotopic (exact) mass is 240 g/mol. The first-order chi connectivity index (χ1) is 8.11. The molecule has 98 valence electrons. The Morgan fingerprint density at radius 2 is 2.12 bits per heavy atom. The highest BCUT2D eigenvalue weighted by Gasteiger charge is 2.39. The van der Waals surface area contributed by atoms with Crippen molar-refractivity contribution < 1.29 is 9.53 Å². The fourth-order valence-corrected chi connectivity index (χ4v) is 2.80. The third-order valence-corrected chi connectivity index (χ3v) is 3.85. The normalized spacial score (nSPS) is 34.0. The molecule has 0 spiro atoms. The maximum absolute atomic E-state index is 12.3. The Labute approximate surface area is 104 Å². The molecule has 1 unspecified atom stereocenters. The summed E-state index contributed by atoms with van der Waals surface area (Å²) in [6, 6.07) is 0.826. The number of nitrogens with one attached hydrogen (secondary N) is 1. The summed E-state index contributed by atoms with van der Waals surface area (Å²) in [5, 5.41) is 3.37. The number of likely N-dealkylation sites (tertiary alicyclic amines) is 1. The van der Waals surface area contributed by atoms with Crippen LogP contribution in [0.15, 0.2) is 0 Å². The average molecular weight is 240 g/mol. The van der Waals surface area contributed by atoms with Crippen molar-refractivity contribution in [3.05, 3.63) is 0 Å². The van der Waals surface area contributed by atoms with Crippen molar-refractivity contribution in [1.82, 2.24) is 10.2 Å². The van der Waals surface area contributed by atoms with Gasteiger partial charge in [0.15, 0.2) is 0 Å². The molecule has 1 amide bonds. The molecule has 2 fully saturated rings. The van der Waals surface area contributed by atoms with Gasteiger partial charge in [0.2, 0.25) is 5.91 Å². The van der Waals surface area contributed by atoms with Gasteiger partial charge < -0.3 is 15.0 Å². The molecule has 1 aliphatic carbocycles. The number of nitrogens with zero attached hydrogens (tertiary/aromatic N) is 1. The molecule has 0 radical (unpaired) electrons. The lowest BCUT2D eigenvalue weighted by Gasteiger charge is -2.45. The number of hydrogen-bond acceptors (Lipinski definition) is 3. The second-order valence-electron chi connectivity index (χ2n) is 5.53. The maximum atomic E-state index is 12.3. The van der Waals surface area contributed by atoms with Gasteiger partial charge in [0, 0.05) is 25.7 Å². The number of ether oxygens (including phenoxy) is 1.